The minimum Gasteiger partial charge on any atom is -0.458 e. The van der Waals surface area contributed by atoms with Gasteiger partial charge in [-0.15, -0.1) is 0 Å². The number of aryl methyl sites for hydroxylation is 1. The highest BCUT2D eigenvalue weighted by molar-refractivity contribution is 6.05. The number of benzene rings is 2. The highest BCUT2D eigenvalue weighted by Gasteiger charge is 2.17. The molecule has 0 amide bonds. The van der Waals surface area contributed by atoms with Crippen molar-refractivity contribution in [3.63, 3.8) is 0 Å². The number of fused-ring (bicyclic) bond motifs is 3. The van der Waals surface area contributed by atoms with Crippen LogP contribution in [0.5, 0.6) is 0 Å². The van der Waals surface area contributed by atoms with E-state index >= 15 is 0 Å². The molecule has 0 aliphatic heterocycles. The topological polar surface area (TPSA) is 25.2 Å². The van der Waals surface area contributed by atoms with Crippen molar-refractivity contribution in [1.82, 2.24) is 5.32 Å². The summed E-state index contributed by atoms with van der Waals surface area (Å²) in [6, 6.07) is 13.0. The number of nitrogens with one attached hydrogen (secondary N) is 1. The first-order valence-electron chi connectivity index (χ1n) is 6.86. The molecule has 1 N–H and O–H groups in total. The van der Waals surface area contributed by atoms with E-state index in [4.69, 9.17) is 4.42 Å². The summed E-state index contributed by atoms with van der Waals surface area (Å²) < 4.78 is 6.16. The smallest absolute Gasteiger partial charge is 0.142 e. The Bertz CT molecular complexity index is 727. The van der Waals surface area contributed by atoms with Crippen LogP contribution in [0.25, 0.3) is 21.7 Å². The molecular weight excluding hydrogens is 234 g/mol. The van der Waals surface area contributed by atoms with Crippen molar-refractivity contribution in [2.75, 3.05) is 6.54 Å². The highest BCUT2D eigenvalue weighted by atomic mass is 16.3. The first-order valence-corrected chi connectivity index (χ1v) is 6.86. The lowest BCUT2D eigenvalue weighted by Crippen LogP contribution is -2.17. The standard InChI is InChI=1S/C17H19NO/c1-4-18-12(3)16-11(2)14-10-9-13-7-5-6-8-15(13)17(14)19-16/h5-10,12,18H,4H2,1-3H3. The van der Waals surface area contributed by atoms with Crippen LogP contribution in [0.15, 0.2) is 40.8 Å². The SMILES string of the molecule is CCNC(C)c1oc2c(ccc3ccccc32)c1C. The first-order chi connectivity index (χ1) is 9.22. The summed E-state index contributed by atoms with van der Waals surface area (Å²) in [5, 5.41) is 7.06. The van der Waals surface area contributed by atoms with E-state index in [2.05, 4.69) is 62.5 Å². The van der Waals surface area contributed by atoms with Gasteiger partial charge in [-0.05, 0) is 31.3 Å². The molecule has 0 aliphatic carbocycles. The van der Waals surface area contributed by atoms with Crippen LogP contribution in [0.4, 0.5) is 0 Å². The molecule has 0 radical (unpaired) electrons. The molecule has 1 unspecified atom stereocenters. The van der Waals surface area contributed by atoms with Gasteiger partial charge in [0.15, 0.2) is 0 Å². The molecule has 0 spiro atoms. The summed E-state index contributed by atoms with van der Waals surface area (Å²) in [6.07, 6.45) is 0. The summed E-state index contributed by atoms with van der Waals surface area (Å²) in [5.74, 6) is 1.05. The molecule has 1 heterocycles. The predicted molar refractivity (Wildman–Crippen MR) is 80.5 cm³/mol. The van der Waals surface area contributed by atoms with Crippen LogP contribution in [-0.4, -0.2) is 6.54 Å². The molecule has 2 aromatic carbocycles. The maximum absolute atomic E-state index is 6.16. The lowest BCUT2D eigenvalue weighted by atomic mass is 10.0. The van der Waals surface area contributed by atoms with Crippen molar-refractivity contribution < 1.29 is 4.42 Å². The summed E-state index contributed by atoms with van der Waals surface area (Å²) in [4.78, 5) is 0. The normalized spacial score (nSPS) is 13.2. The molecule has 0 fully saturated rings. The summed E-state index contributed by atoms with van der Waals surface area (Å²) in [5.41, 5.74) is 2.25. The van der Waals surface area contributed by atoms with Crippen molar-refractivity contribution in [2.45, 2.75) is 26.8 Å². The van der Waals surface area contributed by atoms with Gasteiger partial charge in [-0.2, -0.15) is 0 Å². The molecular formula is C17H19NO. The van der Waals surface area contributed by atoms with Gasteiger partial charge in [0, 0.05) is 10.8 Å². The van der Waals surface area contributed by atoms with Gasteiger partial charge in [0.25, 0.3) is 0 Å². The van der Waals surface area contributed by atoms with Gasteiger partial charge >= 0.3 is 0 Å². The van der Waals surface area contributed by atoms with Gasteiger partial charge in [-0.1, -0.05) is 43.3 Å². The molecule has 1 atom stereocenters. The van der Waals surface area contributed by atoms with Gasteiger partial charge in [0.05, 0.1) is 6.04 Å². The second-order valence-electron chi connectivity index (χ2n) is 5.03. The molecule has 3 rings (SSSR count). The minimum absolute atomic E-state index is 0.246. The fraction of sp³-hybridized carbons (Fsp3) is 0.294. The Morgan fingerprint density at radius 1 is 1.11 bits per heavy atom. The van der Waals surface area contributed by atoms with Crippen LogP contribution in [0.2, 0.25) is 0 Å². The molecule has 3 aromatic rings. The Labute approximate surface area is 113 Å². The summed E-state index contributed by atoms with van der Waals surface area (Å²) in [6.45, 7) is 7.35. The average Bonchev–Trinajstić information content (AvgIpc) is 2.77. The minimum atomic E-state index is 0.246. The molecule has 0 bridgehead atoms. The predicted octanol–water partition coefficient (Wildman–Crippen LogP) is 4.56. The van der Waals surface area contributed by atoms with Crippen LogP contribution in [-0.2, 0) is 0 Å². The Balaban J connectivity index is 2.27. The van der Waals surface area contributed by atoms with Gasteiger partial charge in [-0.25, -0.2) is 0 Å². The Hall–Kier alpha value is -1.80. The quantitative estimate of drug-likeness (QED) is 0.740. The largest absolute Gasteiger partial charge is 0.458 e. The zero-order valence-corrected chi connectivity index (χ0v) is 11.7. The van der Waals surface area contributed by atoms with Crippen LogP contribution < -0.4 is 5.32 Å². The van der Waals surface area contributed by atoms with E-state index in [9.17, 15) is 0 Å². The maximum Gasteiger partial charge on any atom is 0.142 e. The summed E-state index contributed by atoms with van der Waals surface area (Å²) in [7, 11) is 0. The van der Waals surface area contributed by atoms with E-state index in [-0.39, 0.29) is 6.04 Å². The lowest BCUT2D eigenvalue weighted by molar-refractivity contribution is 0.457. The molecule has 19 heavy (non-hydrogen) atoms. The van der Waals surface area contributed by atoms with Gasteiger partial charge in [0.1, 0.15) is 11.3 Å². The molecule has 2 nitrogen and oxygen atoms in total. The van der Waals surface area contributed by atoms with E-state index in [1.54, 1.807) is 0 Å². The molecule has 98 valence electrons. The van der Waals surface area contributed by atoms with Crippen LogP contribution >= 0.6 is 0 Å². The van der Waals surface area contributed by atoms with Crippen LogP contribution in [0, 0.1) is 6.92 Å². The second kappa shape index (κ2) is 4.71. The van der Waals surface area contributed by atoms with E-state index in [1.165, 1.54) is 21.7 Å². The highest BCUT2D eigenvalue weighted by Crippen LogP contribution is 2.34. The molecule has 0 saturated carbocycles. The van der Waals surface area contributed by atoms with Crippen LogP contribution in [0.1, 0.15) is 31.2 Å². The van der Waals surface area contributed by atoms with Gasteiger partial charge < -0.3 is 9.73 Å². The van der Waals surface area contributed by atoms with Crippen molar-refractivity contribution >= 4 is 21.7 Å². The molecule has 2 heteroatoms. The zero-order valence-electron chi connectivity index (χ0n) is 11.7. The molecule has 0 aliphatic rings. The maximum atomic E-state index is 6.16. The van der Waals surface area contributed by atoms with Crippen molar-refractivity contribution in [3.8, 4) is 0 Å². The van der Waals surface area contributed by atoms with Gasteiger partial charge in [-0.3, -0.25) is 0 Å². The molecule has 1 aromatic heterocycles. The Kier molecular flexibility index (Phi) is 3.03. The monoisotopic (exact) mass is 253 g/mol. The average molecular weight is 253 g/mol. The van der Waals surface area contributed by atoms with E-state index in [1.807, 2.05) is 0 Å². The van der Waals surface area contributed by atoms with Gasteiger partial charge in [0.2, 0.25) is 0 Å². The molecule has 0 saturated heterocycles. The first kappa shape index (κ1) is 12.2. The van der Waals surface area contributed by atoms with E-state index in [0.717, 1.165) is 17.9 Å². The third kappa shape index (κ3) is 1.92. The fourth-order valence-corrected chi connectivity index (χ4v) is 2.78. The van der Waals surface area contributed by atoms with Crippen molar-refractivity contribution in [1.29, 1.82) is 0 Å². The third-order valence-electron chi connectivity index (χ3n) is 3.77. The van der Waals surface area contributed by atoms with E-state index in [0.29, 0.717) is 0 Å². The Morgan fingerprint density at radius 3 is 2.68 bits per heavy atom. The number of hydrogen-bond acceptors (Lipinski definition) is 2. The van der Waals surface area contributed by atoms with E-state index < -0.39 is 0 Å². The van der Waals surface area contributed by atoms with Crippen molar-refractivity contribution in [2.24, 2.45) is 0 Å². The van der Waals surface area contributed by atoms with Crippen molar-refractivity contribution in [3.05, 3.63) is 47.7 Å². The summed E-state index contributed by atoms with van der Waals surface area (Å²) >= 11 is 0. The zero-order chi connectivity index (χ0) is 13.4. The number of rotatable bonds is 3. The Morgan fingerprint density at radius 2 is 1.89 bits per heavy atom. The van der Waals surface area contributed by atoms with Crippen LogP contribution in [0.3, 0.4) is 0 Å². The number of hydrogen-bond donors (Lipinski definition) is 1. The lowest BCUT2D eigenvalue weighted by Gasteiger charge is -2.09. The second-order valence-corrected chi connectivity index (χ2v) is 5.03. The number of furan rings is 1. The third-order valence-corrected chi connectivity index (χ3v) is 3.77. The fourth-order valence-electron chi connectivity index (χ4n) is 2.78.